The average Bonchev–Trinajstić information content (AvgIpc) is 3.16. The van der Waals surface area contributed by atoms with E-state index in [1.54, 1.807) is 43.5 Å². The Hall–Kier alpha value is -3.74. The number of aryl methyl sites for hydroxylation is 2. The molecule has 0 radical (unpaired) electrons. The molecule has 0 unspecified atom stereocenters. The largest absolute Gasteiger partial charge is 0.453 e. The number of esters is 1. The number of furan rings is 1. The van der Waals surface area contributed by atoms with Gasteiger partial charge in [-0.25, -0.2) is 10.2 Å². The number of fused-ring (bicyclic) bond motifs is 1. The van der Waals surface area contributed by atoms with Gasteiger partial charge in [-0.3, -0.25) is 9.78 Å². The van der Waals surface area contributed by atoms with Gasteiger partial charge in [0.2, 0.25) is 5.76 Å². The van der Waals surface area contributed by atoms with Gasteiger partial charge in [0.25, 0.3) is 5.91 Å². The molecule has 7 nitrogen and oxygen atoms in total. The van der Waals surface area contributed by atoms with Crippen LogP contribution in [0, 0.1) is 6.92 Å². The minimum absolute atomic E-state index is 0.162. The first kappa shape index (κ1) is 20.5. The van der Waals surface area contributed by atoms with E-state index in [2.05, 4.69) is 22.4 Å². The molecule has 0 saturated heterocycles. The number of carbonyl (C=O) groups is 2. The van der Waals surface area contributed by atoms with Crippen molar-refractivity contribution in [2.24, 2.45) is 5.10 Å². The van der Waals surface area contributed by atoms with Gasteiger partial charge in [-0.15, -0.1) is 0 Å². The van der Waals surface area contributed by atoms with Gasteiger partial charge in [0.15, 0.2) is 0 Å². The Labute approximate surface area is 180 Å². The van der Waals surface area contributed by atoms with Gasteiger partial charge in [0.05, 0.1) is 5.71 Å². The van der Waals surface area contributed by atoms with E-state index in [1.165, 1.54) is 0 Å². The second-order valence-electron chi connectivity index (χ2n) is 7.31. The molecular formula is C24H23N3O4. The summed E-state index contributed by atoms with van der Waals surface area (Å²) < 4.78 is 11.4. The van der Waals surface area contributed by atoms with Crippen LogP contribution in [0.2, 0.25) is 0 Å². The second kappa shape index (κ2) is 8.95. The Morgan fingerprint density at radius 3 is 2.68 bits per heavy atom. The summed E-state index contributed by atoms with van der Waals surface area (Å²) in [6, 6.07) is 12.5. The topological polar surface area (TPSA) is 93.8 Å². The van der Waals surface area contributed by atoms with Crippen LogP contribution in [0.5, 0.6) is 5.75 Å². The van der Waals surface area contributed by atoms with E-state index < -0.39 is 11.9 Å². The number of ether oxygens (including phenoxy) is 1. The predicted molar refractivity (Wildman–Crippen MR) is 115 cm³/mol. The van der Waals surface area contributed by atoms with E-state index in [-0.39, 0.29) is 11.5 Å². The van der Waals surface area contributed by atoms with Gasteiger partial charge >= 0.3 is 5.97 Å². The molecule has 1 amide bonds. The number of hydrazone groups is 1. The Morgan fingerprint density at radius 2 is 1.97 bits per heavy atom. The van der Waals surface area contributed by atoms with Crippen LogP contribution >= 0.6 is 0 Å². The smallest absolute Gasteiger partial charge is 0.379 e. The van der Waals surface area contributed by atoms with Crippen LogP contribution in [0.4, 0.5) is 0 Å². The van der Waals surface area contributed by atoms with Crippen molar-refractivity contribution in [2.75, 3.05) is 0 Å². The number of hydrogen-bond donors (Lipinski definition) is 1. The number of benzene rings is 1. The monoisotopic (exact) mass is 417 g/mol. The van der Waals surface area contributed by atoms with E-state index in [0.29, 0.717) is 35.6 Å². The first-order chi connectivity index (χ1) is 15.1. The molecule has 31 heavy (non-hydrogen) atoms. The molecule has 7 heteroatoms. The van der Waals surface area contributed by atoms with Gasteiger partial charge in [-0.05, 0) is 56.0 Å². The maximum absolute atomic E-state index is 12.7. The highest BCUT2D eigenvalue weighted by Gasteiger charge is 2.29. The zero-order valence-electron chi connectivity index (χ0n) is 17.5. The molecule has 2 heterocycles. The number of aromatic nitrogens is 1. The predicted octanol–water partition coefficient (Wildman–Crippen LogP) is 4.24. The van der Waals surface area contributed by atoms with Gasteiger partial charge in [0, 0.05) is 23.7 Å². The molecule has 0 saturated carbocycles. The van der Waals surface area contributed by atoms with Crippen molar-refractivity contribution in [1.82, 2.24) is 10.4 Å². The van der Waals surface area contributed by atoms with Gasteiger partial charge < -0.3 is 9.15 Å². The number of pyridine rings is 1. The van der Waals surface area contributed by atoms with E-state index in [0.717, 1.165) is 24.0 Å². The summed E-state index contributed by atoms with van der Waals surface area (Å²) >= 11 is 0. The van der Waals surface area contributed by atoms with Crippen molar-refractivity contribution in [1.29, 1.82) is 0 Å². The Morgan fingerprint density at radius 1 is 1.16 bits per heavy atom. The third-order valence-corrected chi connectivity index (χ3v) is 5.24. The summed E-state index contributed by atoms with van der Waals surface area (Å²) in [7, 11) is 0. The van der Waals surface area contributed by atoms with E-state index in [4.69, 9.17) is 9.15 Å². The maximum atomic E-state index is 12.7. The quantitative estimate of drug-likeness (QED) is 0.381. The summed E-state index contributed by atoms with van der Waals surface area (Å²) in [5.41, 5.74) is 6.11. The average molecular weight is 417 g/mol. The fourth-order valence-corrected chi connectivity index (χ4v) is 3.59. The Kier molecular flexibility index (Phi) is 5.93. The first-order valence-electron chi connectivity index (χ1n) is 10.3. The highest BCUT2D eigenvalue weighted by atomic mass is 16.5. The molecule has 1 N–H and O–H groups in total. The number of nitrogens with zero attached hydrogens (tertiary/aromatic N) is 2. The van der Waals surface area contributed by atoms with Crippen LogP contribution in [0.25, 0.3) is 0 Å². The molecule has 0 atom stereocenters. The number of nitrogens with one attached hydrogen (secondary N) is 1. The summed E-state index contributed by atoms with van der Waals surface area (Å²) in [6.45, 7) is 3.87. The molecule has 1 aliphatic carbocycles. The molecule has 1 aliphatic rings. The lowest BCUT2D eigenvalue weighted by Gasteiger charge is -2.13. The zero-order chi connectivity index (χ0) is 21.8. The van der Waals surface area contributed by atoms with E-state index in [9.17, 15) is 9.59 Å². The first-order valence-corrected chi connectivity index (χ1v) is 10.3. The highest BCUT2D eigenvalue weighted by molar-refractivity contribution is 6.06. The molecule has 2 aromatic heterocycles. The third-order valence-electron chi connectivity index (χ3n) is 5.24. The zero-order valence-corrected chi connectivity index (χ0v) is 17.5. The summed E-state index contributed by atoms with van der Waals surface area (Å²) in [6.07, 6.45) is 4.64. The Balaban J connectivity index is 1.54. The molecule has 0 fully saturated rings. The van der Waals surface area contributed by atoms with E-state index in [1.807, 2.05) is 12.1 Å². The SMILES string of the molecule is CCc1ccc(OC(=O)c2oc3c(c2C)/C(=N/NC(=O)c2ccccn2)CCC3)cc1. The van der Waals surface area contributed by atoms with Crippen molar-refractivity contribution >= 4 is 17.6 Å². The van der Waals surface area contributed by atoms with Crippen molar-refractivity contribution < 1.29 is 18.7 Å². The van der Waals surface area contributed by atoms with Crippen molar-refractivity contribution in [2.45, 2.75) is 39.5 Å². The van der Waals surface area contributed by atoms with Crippen LogP contribution in [0.3, 0.4) is 0 Å². The number of hydrogen-bond acceptors (Lipinski definition) is 6. The number of carbonyl (C=O) groups excluding carboxylic acids is 2. The molecule has 0 bridgehead atoms. The maximum Gasteiger partial charge on any atom is 0.379 e. The standard InChI is InChI=1S/C24H23N3O4/c1-3-16-10-12-17(13-11-16)30-24(29)22-15(2)21-18(8-6-9-20(21)31-22)26-27-23(28)19-7-4-5-14-25-19/h4-5,7,10-14H,3,6,8-9H2,1-2H3,(H,27,28)/b26-18+. The summed E-state index contributed by atoms with van der Waals surface area (Å²) in [5.74, 6) is 0.370. The third kappa shape index (κ3) is 4.40. The summed E-state index contributed by atoms with van der Waals surface area (Å²) in [4.78, 5) is 29.0. The fraction of sp³-hybridized carbons (Fsp3) is 0.250. The fourth-order valence-electron chi connectivity index (χ4n) is 3.59. The molecule has 0 spiro atoms. The van der Waals surface area contributed by atoms with Crippen LogP contribution < -0.4 is 10.2 Å². The van der Waals surface area contributed by atoms with Crippen molar-refractivity contribution in [3.05, 3.63) is 82.6 Å². The van der Waals surface area contributed by atoms with Crippen molar-refractivity contribution in [3.63, 3.8) is 0 Å². The van der Waals surface area contributed by atoms with Gasteiger partial charge in [-0.1, -0.05) is 25.1 Å². The van der Waals surface area contributed by atoms with Crippen LogP contribution in [-0.4, -0.2) is 22.6 Å². The molecule has 3 aromatic rings. The van der Waals surface area contributed by atoms with Crippen LogP contribution in [-0.2, 0) is 12.8 Å². The lowest BCUT2D eigenvalue weighted by Crippen LogP contribution is -2.22. The lowest BCUT2D eigenvalue weighted by molar-refractivity contribution is 0.0698. The molecular weight excluding hydrogens is 394 g/mol. The summed E-state index contributed by atoms with van der Waals surface area (Å²) in [5, 5.41) is 4.30. The lowest BCUT2D eigenvalue weighted by atomic mass is 9.93. The second-order valence-corrected chi connectivity index (χ2v) is 7.31. The highest BCUT2D eigenvalue weighted by Crippen LogP contribution is 2.30. The minimum atomic E-state index is -0.548. The number of rotatable bonds is 5. The minimum Gasteiger partial charge on any atom is -0.453 e. The molecule has 1 aromatic carbocycles. The van der Waals surface area contributed by atoms with Gasteiger partial charge in [0.1, 0.15) is 17.2 Å². The van der Waals surface area contributed by atoms with Crippen LogP contribution in [0.15, 0.2) is 58.2 Å². The Bertz CT molecular complexity index is 1130. The van der Waals surface area contributed by atoms with Crippen molar-refractivity contribution in [3.8, 4) is 5.75 Å². The van der Waals surface area contributed by atoms with Crippen LogP contribution in [0.1, 0.15) is 63.3 Å². The normalized spacial score (nSPS) is 14.2. The molecule has 158 valence electrons. The van der Waals surface area contributed by atoms with Gasteiger partial charge in [-0.2, -0.15) is 5.10 Å². The molecule has 0 aliphatic heterocycles. The molecule has 4 rings (SSSR count). The van der Waals surface area contributed by atoms with E-state index >= 15 is 0 Å². The number of amides is 1.